The van der Waals surface area contributed by atoms with Crippen LogP contribution in [0.2, 0.25) is 0 Å². The lowest BCUT2D eigenvalue weighted by atomic mass is 10.1. The molecular weight excluding hydrogens is 174 g/mol. The Hall–Kier alpha value is -1.27. The van der Waals surface area contributed by atoms with Crippen LogP contribution >= 0.6 is 0 Å². The van der Waals surface area contributed by atoms with Gasteiger partial charge in [-0.15, -0.1) is 0 Å². The lowest BCUT2D eigenvalue weighted by Crippen LogP contribution is -2.25. The monoisotopic (exact) mass is 189 g/mol. The summed E-state index contributed by atoms with van der Waals surface area (Å²) in [5.41, 5.74) is 1.30. The molecule has 0 radical (unpaired) electrons. The van der Waals surface area contributed by atoms with Crippen molar-refractivity contribution < 1.29 is 0 Å². The Balaban J connectivity index is 1.63. The smallest absolute Gasteiger partial charge is 0.0703 e. The molecule has 3 heteroatoms. The summed E-state index contributed by atoms with van der Waals surface area (Å²) in [6.45, 7) is 1.81. The van der Waals surface area contributed by atoms with Crippen LogP contribution in [0.15, 0.2) is 18.5 Å². The van der Waals surface area contributed by atoms with Crippen LogP contribution in [-0.2, 0) is 6.42 Å². The third kappa shape index (κ3) is 2.15. The highest BCUT2D eigenvalue weighted by Gasteiger charge is 2.42. The highest BCUT2D eigenvalue weighted by atomic mass is 14.9. The van der Waals surface area contributed by atoms with E-state index in [1.165, 1.54) is 5.56 Å². The van der Waals surface area contributed by atoms with Gasteiger partial charge in [-0.25, -0.2) is 0 Å². The molecule has 0 aliphatic heterocycles. The summed E-state index contributed by atoms with van der Waals surface area (Å²) in [7, 11) is 0. The zero-order chi connectivity index (χ0) is 9.86. The van der Waals surface area contributed by atoms with E-state index in [9.17, 15) is 0 Å². The largest absolute Gasteiger partial charge is 0.367 e. The van der Waals surface area contributed by atoms with Crippen LogP contribution in [0.5, 0.6) is 0 Å². The second kappa shape index (κ2) is 3.85. The van der Waals surface area contributed by atoms with E-state index >= 15 is 0 Å². The van der Waals surface area contributed by atoms with Gasteiger partial charge >= 0.3 is 0 Å². The molecule has 1 heterocycles. The fourth-order valence-corrected chi connectivity index (χ4v) is 1.55. The highest BCUT2D eigenvalue weighted by Crippen LogP contribution is 2.43. The van der Waals surface area contributed by atoms with Gasteiger partial charge in [0.05, 0.1) is 11.5 Å². The van der Waals surface area contributed by atoms with E-state index in [-0.39, 0.29) is 5.41 Å². The first-order valence-corrected chi connectivity index (χ1v) is 5.08. The maximum Gasteiger partial charge on any atom is 0.0703 e. The van der Waals surface area contributed by atoms with Crippen molar-refractivity contribution >= 4 is 0 Å². The SMILES string of the molecule is N#CC1(CNCCc2cc[nH]c2)CC1. The van der Waals surface area contributed by atoms with Gasteiger partial charge in [-0.1, -0.05) is 0 Å². The van der Waals surface area contributed by atoms with Crippen molar-refractivity contribution in [1.82, 2.24) is 10.3 Å². The van der Waals surface area contributed by atoms with Gasteiger partial charge < -0.3 is 10.3 Å². The number of H-pyrrole nitrogens is 1. The third-order valence-corrected chi connectivity index (χ3v) is 2.81. The van der Waals surface area contributed by atoms with Crippen LogP contribution in [0.1, 0.15) is 18.4 Å². The predicted octanol–water partition coefficient (Wildman–Crippen LogP) is 1.45. The number of hydrogen-bond donors (Lipinski definition) is 2. The number of aromatic nitrogens is 1. The standard InChI is InChI=1S/C11H15N3/c12-8-11(3-4-11)9-14-6-2-10-1-5-13-7-10/h1,5,7,13-14H,2-4,6,9H2. The van der Waals surface area contributed by atoms with Crippen LogP contribution in [0.25, 0.3) is 0 Å². The minimum Gasteiger partial charge on any atom is -0.367 e. The van der Waals surface area contributed by atoms with Crippen molar-refractivity contribution in [2.75, 3.05) is 13.1 Å². The lowest BCUT2D eigenvalue weighted by molar-refractivity contribution is 0.560. The van der Waals surface area contributed by atoms with Crippen molar-refractivity contribution in [3.05, 3.63) is 24.0 Å². The molecule has 0 spiro atoms. The van der Waals surface area contributed by atoms with Crippen molar-refractivity contribution in [1.29, 1.82) is 5.26 Å². The fourth-order valence-electron chi connectivity index (χ4n) is 1.55. The van der Waals surface area contributed by atoms with Gasteiger partial charge in [0.2, 0.25) is 0 Å². The minimum atomic E-state index is -0.0157. The molecule has 0 bridgehead atoms. The Labute approximate surface area is 84.1 Å². The Morgan fingerprint density at radius 3 is 3.00 bits per heavy atom. The summed E-state index contributed by atoms with van der Waals surface area (Å²) < 4.78 is 0. The number of nitriles is 1. The van der Waals surface area contributed by atoms with E-state index in [1.807, 2.05) is 12.4 Å². The molecule has 1 aromatic heterocycles. The number of nitrogens with zero attached hydrogens (tertiary/aromatic N) is 1. The van der Waals surface area contributed by atoms with Gasteiger partial charge in [-0.2, -0.15) is 5.26 Å². The molecule has 1 fully saturated rings. The van der Waals surface area contributed by atoms with Crippen LogP contribution in [-0.4, -0.2) is 18.1 Å². The third-order valence-electron chi connectivity index (χ3n) is 2.81. The average molecular weight is 189 g/mol. The molecule has 14 heavy (non-hydrogen) atoms. The van der Waals surface area contributed by atoms with Crippen LogP contribution < -0.4 is 5.32 Å². The Morgan fingerprint density at radius 1 is 1.57 bits per heavy atom. The second-order valence-corrected chi connectivity index (χ2v) is 4.04. The zero-order valence-electron chi connectivity index (χ0n) is 8.21. The first-order chi connectivity index (χ1) is 6.85. The zero-order valence-corrected chi connectivity index (χ0v) is 8.21. The molecule has 2 N–H and O–H groups in total. The maximum atomic E-state index is 8.84. The van der Waals surface area contributed by atoms with E-state index in [0.717, 1.165) is 32.4 Å². The summed E-state index contributed by atoms with van der Waals surface area (Å²) >= 11 is 0. The highest BCUT2D eigenvalue weighted by molar-refractivity contribution is 5.11. The van der Waals surface area contributed by atoms with Gasteiger partial charge in [0.25, 0.3) is 0 Å². The molecule has 0 unspecified atom stereocenters. The number of hydrogen-bond acceptors (Lipinski definition) is 2. The molecule has 0 atom stereocenters. The van der Waals surface area contributed by atoms with Gasteiger partial charge in [0.1, 0.15) is 0 Å². The van der Waals surface area contributed by atoms with Crippen LogP contribution in [0.4, 0.5) is 0 Å². The molecule has 1 aliphatic carbocycles. The van der Waals surface area contributed by atoms with Crippen molar-refractivity contribution in [2.24, 2.45) is 5.41 Å². The van der Waals surface area contributed by atoms with E-state index in [0.29, 0.717) is 0 Å². The van der Waals surface area contributed by atoms with Gasteiger partial charge in [0, 0.05) is 18.9 Å². The topological polar surface area (TPSA) is 51.6 Å². The second-order valence-electron chi connectivity index (χ2n) is 4.04. The molecule has 3 nitrogen and oxygen atoms in total. The van der Waals surface area contributed by atoms with Crippen molar-refractivity contribution in [3.8, 4) is 6.07 Å². The summed E-state index contributed by atoms with van der Waals surface area (Å²) in [6.07, 6.45) is 7.12. The van der Waals surface area contributed by atoms with Crippen LogP contribution in [0, 0.1) is 16.7 Å². The Bertz CT molecular complexity index is 317. The minimum absolute atomic E-state index is 0.0157. The Kier molecular flexibility index (Phi) is 2.55. The van der Waals surface area contributed by atoms with Gasteiger partial charge in [-0.3, -0.25) is 0 Å². The number of aromatic amines is 1. The van der Waals surface area contributed by atoms with E-state index in [2.05, 4.69) is 22.4 Å². The number of rotatable bonds is 5. The normalized spacial score (nSPS) is 17.6. The molecule has 1 aromatic rings. The van der Waals surface area contributed by atoms with E-state index < -0.39 is 0 Å². The lowest BCUT2D eigenvalue weighted by Gasteiger charge is -2.06. The summed E-state index contributed by atoms with van der Waals surface area (Å²) in [4.78, 5) is 3.03. The molecular formula is C11H15N3. The molecule has 74 valence electrons. The van der Waals surface area contributed by atoms with Crippen molar-refractivity contribution in [2.45, 2.75) is 19.3 Å². The molecule has 0 saturated heterocycles. The predicted molar refractivity (Wildman–Crippen MR) is 54.6 cm³/mol. The first kappa shape index (κ1) is 9.29. The quantitative estimate of drug-likeness (QED) is 0.689. The molecule has 2 rings (SSSR count). The Morgan fingerprint density at radius 2 is 2.43 bits per heavy atom. The average Bonchev–Trinajstić information content (AvgIpc) is 2.81. The van der Waals surface area contributed by atoms with E-state index in [4.69, 9.17) is 5.26 Å². The summed E-state index contributed by atoms with van der Waals surface area (Å²) in [5.74, 6) is 0. The fraction of sp³-hybridized carbons (Fsp3) is 0.545. The first-order valence-electron chi connectivity index (χ1n) is 5.08. The molecule has 1 aliphatic rings. The van der Waals surface area contributed by atoms with Gasteiger partial charge in [0.15, 0.2) is 0 Å². The van der Waals surface area contributed by atoms with Crippen molar-refractivity contribution in [3.63, 3.8) is 0 Å². The van der Waals surface area contributed by atoms with E-state index in [1.54, 1.807) is 0 Å². The maximum absolute atomic E-state index is 8.84. The molecule has 0 amide bonds. The summed E-state index contributed by atoms with van der Waals surface area (Å²) in [5, 5.41) is 12.2. The molecule has 1 saturated carbocycles. The molecule has 0 aromatic carbocycles. The van der Waals surface area contributed by atoms with Gasteiger partial charge in [-0.05, 0) is 37.4 Å². The van der Waals surface area contributed by atoms with Crippen LogP contribution in [0.3, 0.4) is 0 Å². The number of nitrogens with one attached hydrogen (secondary N) is 2. The summed E-state index contributed by atoms with van der Waals surface area (Å²) in [6, 6.07) is 4.46.